The average molecular weight is 257 g/mol. The van der Waals surface area contributed by atoms with E-state index in [-0.39, 0.29) is 36.3 Å². The molecule has 6 heteroatoms. The third-order valence-corrected chi connectivity index (χ3v) is 3.38. The van der Waals surface area contributed by atoms with Gasteiger partial charge in [0.25, 0.3) is 0 Å². The molecule has 1 saturated carbocycles. The summed E-state index contributed by atoms with van der Waals surface area (Å²) < 4.78 is 41.0. The van der Waals surface area contributed by atoms with Crippen molar-refractivity contribution in [3.05, 3.63) is 0 Å². The first-order valence-electron chi connectivity index (χ1n) is 5.57. The summed E-state index contributed by atoms with van der Waals surface area (Å²) in [6, 6.07) is -0.0154. The van der Waals surface area contributed by atoms with E-state index in [1.54, 1.807) is 0 Å². The smallest absolute Gasteiger partial charge is 0.376 e. The van der Waals surface area contributed by atoms with Crippen molar-refractivity contribution in [3.63, 3.8) is 0 Å². The molecule has 0 aromatic heterocycles. The number of hydrogen-bond acceptors (Lipinski definition) is 3. The monoisotopic (exact) mass is 257 g/mol. The molecule has 96 valence electrons. The summed E-state index contributed by atoms with van der Waals surface area (Å²) in [4.78, 5) is 0. The van der Waals surface area contributed by atoms with Gasteiger partial charge in [-0.1, -0.05) is 19.3 Å². The van der Waals surface area contributed by atoms with Crippen LogP contribution in [-0.4, -0.2) is 30.0 Å². The van der Waals surface area contributed by atoms with E-state index in [1.165, 1.54) is 0 Å². The largest absolute Gasteiger partial charge is 0.441 e. The van der Waals surface area contributed by atoms with Crippen molar-refractivity contribution in [2.45, 2.75) is 49.8 Å². The summed E-state index contributed by atoms with van der Waals surface area (Å²) in [5.41, 5.74) is 1.74. The molecule has 16 heavy (non-hydrogen) atoms. The number of nitrogens with two attached hydrogens (primary N) is 1. The molecule has 1 fully saturated rings. The molecule has 1 aliphatic rings. The van der Waals surface area contributed by atoms with Crippen LogP contribution in [0.4, 0.5) is 13.2 Å². The van der Waals surface area contributed by atoms with E-state index in [0.717, 1.165) is 32.1 Å². The van der Waals surface area contributed by atoms with Crippen LogP contribution in [0, 0.1) is 0 Å². The Labute approximate surface area is 98.1 Å². The van der Waals surface area contributed by atoms with E-state index < -0.39 is 5.51 Å². The SMILES string of the molecule is NC1CCCCCC1OCCSC(F)(F)F. The van der Waals surface area contributed by atoms with Gasteiger partial charge < -0.3 is 10.5 Å². The van der Waals surface area contributed by atoms with Gasteiger partial charge in [0.1, 0.15) is 0 Å². The zero-order valence-electron chi connectivity index (χ0n) is 9.13. The Morgan fingerprint density at radius 3 is 2.56 bits per heavy atom. The number of halogens is 3. The summed E-state index contributed by atoms with van der Waals surface area (Å²) in [6.07, 6.45) is 5.03. The highest BCUT2D eigenvalue weighted by atomic mass is 32.2. The van der Waals surface area contributed by atoms with Crippen LogP contribution in [0.25, 0.3) is 0 Å². The van der Waals surface area contributed by atoms with Crippen molar-refractivity contribution in [2.24, 2.45) is 5.73 Å². The molecule has 0 aromatic carbocycles. The molecule has 1 aliphatic carbocycles. The predicted octanol–water partition coefficient (Wildman–Crippen LogP) is 2.92. The van der Waals surface area contributed by atoms with Gasteiger partial charge in [0.15, 0.2) is 0 Å². The van der Waals surface area contributed by atoms with Crippen LogP contribution in [0.5, 0.6) is 0 Å². The van der Waals surface area contributed by atoms with E-state index in [0.29, 0.717) is 0 Å². The predicted molar refractivity (Wildman–Crippen MR) is 59.3 cm³/mol. The van der Waals surface area contributed by atoms with Crippen molar-refractivity contribution >= 4 is 11.8 Å². The van der Waals surface area contributed by atoms with Crippen LogP contribution in [0.15, 0.2) is 0 Å². The van der Waals surface area contributed by atoms with Crippen LogP contribution in [-0.2, 0) is 4.74 Å². The lowest BCUT2D eigenvalue weighted by atomic mass is 10.1. The van der Waals surface area contributed by atoms with Crippen molar-refractivity contribution in [1.29, 1.82) is 0 Å². The molecule has 2 atom stereocenters. The van der Waals surface area contributed by atoms with Crippen LogP contribution in [0.1, 0.15) is 32.1 Å². The molecular weight excluding hydrogens is 239 g/mol. The molecule has 0 bridgehead atoms. The van der Waals surface area contributed by atoms with Crippen LogP contribution < -0.4 is 5.73 Å². The van der Waals surface area contributed by atoms with Gasteiger partial charge in [-0.25, -0.2) is 0 Å². The van der Waals surface area contributed by atoms with E-state index in [1.807, 2.05) is 0 Å². The first-order chi connectivity index (χ1) is 7.49. The van der Waals surface area contributed by atoms with Gasteiger partial charge in [0, 0.05) is 11.8 Å². The Hall–Kier alpha value is 0.0600. The summed E-state index contributed by atoms with van der Waals surface area (Å²) in [6.45, 7) is 0.128. The number of ether oxygens (including phenoxy) is 1. The van der Waals surface area contributed by atoms with Gasteiger partial charge in [-0.3, -0.25) is 0 Å². The molecule has 0 radical (unpaired) electrons. The maximum absolute atomic E-state index is 11.8. The zero-order valence-corrected chi connectivity index (χ0v) is 9.95. The maximum atomic E-state index is 11.8. The fraction of sp³-hybridized carbons (Fsp3) is 1.00. The van der Waals surface area contributed by atoms with Gasteiger partial charge in [0.2, 0.25) is 0 Å². The van der Waals surface area contributed by atoms with Crippen LogP contribution in [0.2, 0.25) is 0 Å². The fourth-order valence-corrected chi connectivity index (χ4v) is 2.28. The van der Waals surface area contributed by atoms with Crippen molar-refractivity contribution in [2.75, 3.05) is 12.4 Å². The summed E-state index contributed by atoms with van der Waals surface area (Å²) >= 11 is -0.0372. The van der Waals surface area contributed by atoms with E-state index in [9.17, 15) is 13.2 Å². The highest BCUT2D eigenvalue weighted by Crippen LogP contribution is 2.30. The Balaban J connectivity index is 2.15. The zero-order chi connectivity index (χ0) is 12.0. The molecule has 2 unspecified atom stereocenters. The van der Waals surface area contributed by atoms with Gasteiger partial charge in [-0.05, 0) is 24.6 Å². The number of rotatable bonds is 4. The van der Waals surface area contributed by atoms with Gasteiger partial charge in [-0.2, -0.15) is 13.2 Å². The van der Waals surface area contributed by atoms with Gasteiger partial charge in [-0.15, -0.1) is 0 Å². The third-order valence-electron chi connectivity index (χ3n) is 2.68. The second kappa shape index (κ2) is 6.71. The molecule has 2 nitrogen and oxygen atoms in total. The first kappa shape index (κ1) is 14.1. The van der Waals surface area contributed by atoms with Crippen molar-refractivity contribution < 1.29 is 17.9 Å². The molecule has 0 saturated heterocycles. The summed E-state index contributed by atoms with van der Waals surface area (Å²) in [5.74, 6) is -0.0489. The topological polar surface area (TPSA) is 35.2 Å². The summed E-state index contributed by atoms with van der Waals surface area (Å²) in [5, 5.41) is 0. The fourth-order valence-electron chi connectivity index (χ4n) is 1.87. The van der Waals surface area contributed by atoms with Crippen molar-refractivity contribution in [3.8, 4) is 0 Å². The second-order valence-corrected chi connectivity index (χ2v) is 5.17. The van der Waals surface area contributed by atoms with Crippen LogP contribution >= 0.6 is 11.8 Å². The molecule has 0 amide bonds. The minimum Gasteiger partial charge on any atom is -0.376 e. The van der Waals surface area contributed by atoms with Gasteiger partial charge >= 0.3 is 5.51 Å². The Morgan fingerprint density at radius 1 is 1.19 bits per heavy atom. The maximum Gasteiger partial charge on any atom is 0.441 e. The third kappa shape index (κ3) is 5.96. The summed E-state index contributed by atoms with van der Waals surface area (Å²) in [7, 11) is 0. The van der Waals surface area contributed by atoms with Crippen LogP contribution in [0.3, 0.4) is 0 Å². The number of hydrogen-bond donors (Lipinski definition) is 1. The second-order valence-electron chi connectivity index (χ2n) is 4.01. The highest BCUT2D eigenvalue weighted by Gasteiger charge is 2.28. The van der Waals surface area contributed by atoms with E-state index in [2.05, 4.69) is 0 Å². The minimum absolute atomic E-state index is 0.0154. The normalized spacial score (nSPS) is 27.8. The van der Waals surface area contributed by atoms with Crippen molar-refractivity contribution in [1.82, 2.24) is 0 Å². The lowest BCUT2D eigenvalue weighted by Gasteiger charge is -2.21. The van der Waals surface area contributed by atoms with Gasteiger partial charge in [0.05, 0.1) is 12.7 Å². The minimum atomic E-state index is -4.16. The molecule has 1 rings (SSSR count). The Morgan fingerprint density at radius 2 is 1.88 bits per heavy atom. The first-order valence-corrected chi connectivity index (χ1v) is 6.55. The number of thioether (sulfide) groups is 1. The highest BCUT2D eigenvalue weighted by molar-refractivity contribution is 8.00. The Kier molecular flexibility index (Phi) is 5.92. The van der Waals surface area contributed by atoms with E-state index in [4.69, 9.17) is 10.5 Å². The lowest BCUT2D eigenvalue weighted by Crippen LogP contribution is -2.36. The molecule has 0 spiro atoms. The molecular formula is C10H18F3NOS. The standard InChI is InChI=1S/C10H18F3NOS/c11-10(12,13)16-7-6-15-9-5-3-1-2-4-8(9)14/h8-9H,1-7,14H2. The lowest BCUT2D eigenvalue weighted by molar-refractivity contribution is -0.0336. The molecule has 0 aromatic rings. The quantitative estimate of drug-likeness (QED) is 0.621. The number of alkyl halides is 3. The Bertz CT molecular complexity index is 201. The average Bonchev–Trinajstić information content (AvgIpc) is 2.37. The molecule has 0 heterocycles. The van der Waals surface area contributed by atoms with E-state index >= 15 is 0 Å². The molecule has 0 aliphatic heterocycles. The molecule has 2 N–H and O–H groups in total.